The zero-order valence-corrected chi connectivity index (χ0v) is 68.0. The molecule has 6 unspecified atom stereocenters. The number of carbonyl (C=O) groups excluding carboxylic acids is 6. The molecule has 26 nitrogen and oxygen atoms in total. The fraction of sp³-hybridized carbons (Fsp3) is 0.872. The van der Waals surface area contributed by atoms with Crippen LogP contribution in [0.4, 0.5) is 0 Å². The maximum Gasteiger partial charge on any atom is 0.472 e. The number of amides is 4. The molecule has 10 atom stereocenters. The van der Waals surface area contributed by atoms with Crippen molar-refractivity contribution in [1.29, 1.82) is 0 Å². The number of rotatable bonds is 77. The van der Waals surface area contributed by atoms with Crippen molar-refractivity contribution < 1.29 is 105 Å². The predicted molar refractivity (Wildman–Crippen MR) is 414 cm³/mol. The molecular weight excluding hydrogens is 1410 g/mol. The largest absolute Gasteiger partial charge is 0.472 e. The SMILES string of the molecule is CCCCCCC=CCCCC(=O)O[C@H](CCCCCCC)CC(=O)NC(COCCC(O)CCCCCCC)COP(=O)(O)OCCNC(=O)[C@H](O)[C@@H](O)C(=O)NCCOP(=O)(O)OCC(COCCC(O)CCCCCCC)NC(=O)C[C@@H](CCCCCCC)OC(=O)CCCC=CCCCCCC. The number of nitrogens with one attached hydrogen (secondary N) is 4. The van der Waals surface area contributed by atoms with Gasteiger partial charge in [0.1, 0.15) is 12.2 Å². The Morgan fingerprint density at radius 1 is 0.358 bits per heavy atom. The van der Waals surface area contributed by atoms with E-state index in [1.54, 1.807) is 0 Å². The number of phosphoric ester groups is 2. The molecule has 0 heterocycles. The van der Waals surface area contributed by atoms with E-state index >= 15 is 0 Å². The molecular formula is C78H148N4O22P2. The minimum atomic E-state index is -4.91. The van der Waals surface area contributed by atoms with Gasteiger partial charge in [0.2, 0.25) is 11.8 Å². The molecule has 622 valence electrons. The molecule has 0 saturated heterocycles. The van der Waals surface area contributed by atoms with Gasteiger partial charge in [-0.2, -0.15) is 0 Å². The van der Waals surface area contributed by atoms with Crippen molar-refractivity contribution in [2.24, 2.45) is 0 Å². The normalized spacial score (nSPS) is 15.2. The van der Waals surface area contributed by atoms with Crippen molar-refractivity contribution in [1.82, 2.24) is 21.3 Å². The number of allylic oxidation sites excluding steroid dienone is 4. The molecule has 0 radical (unpaired) electrons. The third-order valence-electron chi connectivity index (χ3n) is 17.8. The summed E-state index contributed by atoms with van der Waals surface area (Å²) in [7, 11) is -9.82. The van der Waals surface area contributed by atoms with Gasteiger partial charge in [0.15, 0.2) is 12.2 Å². The van der Waals surface area contributed by atoms with Gasteiger partial charge < -0.3 is 70.4 Å². The number of carbonyl (C=O) groups is 6. The first-order chi connectivity index (χ1) is 51.0. The van der Waals surface area contributed by atoms with Gasteiger partial charge in [-0.05, 0) is 103 Å². The molecule has 0 spiro atoms. The molecule has 28 heteroatoms. The number of unbranched alkanes of at least 4 members (excludes halogenated alkanes) is 26. The molecule has 0 saturated carbocycles. The lowest BCUT2D eigenvalue weighted by Crippen LogP contribution is -2.50. The number of phosphoric acid groups is 2. The van der Waals surface area contributed by atoms with Gasteiger partial charge in [0, 0.05) is 39.1 Å². The summed E-state index contributed by atoms with van der Waals surface area (Å²) in [6.45, 7) is 9.09. The first kappa shape index (κ1) is 102. The fourth-order valence-corrected chi connectivity index (χ4v) is 13.0. The van der Waals surface area contributed by atoms with Crippen LogP contribution in [0.5, 0.6) is 0 Å². The lowest BCUT2D eigenvalue weighted by molar-refractivity contribution is -0.152. The van der Waals surface area contributed by atoms with Gasteiger partial charge in [-0.15, -0.1) is 0 Å². The predicted octanol–water partition coefficient (Wildman–Crippen LogP) is 14.2. The second-order valence-electron chi connectivity index (χ2n) is 28.1. The third-order valence-corrected chi connectivity index (χ3v) is 19.8. The molecule has 0 aromatic carbocycles. The Hall–Kier alpha value is -3.72. The summed E-state index contributed by atoms with van der Waals surface area (Å²) < 4.78 is 70.3. The summed E-state index contributed by atoms with van der Waals surface area (Å²) in [5, 5.41) is 52.2. The zero-order chi connectivity index (χ0) is 78.6. The number of aliphatic hydroxyl groups is 4. The third kappa shape index (κ3) is 64.0. The minimum Gasteiger partial charge on any atom is -0.462 e. The monoisotopic (exact) mass is 1560 g/mol. The van der Waals surface area contributed by atoms with E-state index in [0.717, 1.165) is 167 Å². The lowest BCUT2D eigenvalue weighted by atomic mass is 10.1. The van der Waals surface area contributed by atoms with Gasteiger partial charge in [-0.25, -0.2) is 9.13 Å². The maximum absolute atomic E-state index is 13.7. The molecule has 0 aliphatic heterocycles. The van der Waals surface area contributed by atoms with Crippen LogP contribution in [-0.4, -0.2) is 180 Å². The molecule has 0 aliphatic rings. The fourth-order valence-electron chi connectivity index (χ4n) is 11.4. The number of aliphatic hydroxyl groups excluding tert-OH is 4. The van der Waals surface area contributed by atoms with Crippen molar-refractivity contribution in [3.63, 3.8) is 0 Å². The van der Waals surface area contributed by atoms with E-state index in [2.05, 4.69) is 87.1 Å². The number of hydrogen-bond acceptors (Lipinski definition) is 20. The van der Waals surface area contributed by atoms with E-state index in [1.807, 2.05) is 0 Å². The Balaban J connectivity index is 5.72. The van der Waals surface area contributed by atoms with Crippen LogP contribution < -0.4 is 21.3 Å². The van der Waals surface area contributed by atoms with Crippen molar-refractivity contribution in [3.05, 3.63) is 24.3 Å². The molecule has 10 N–H and O–H groups in total. The van der Waals surface area contributed by atoms with E-state index in [9.17, 15) is 68.1 Å². The molecule has 0 rings (SSSR count). The number of esters is 2. The van der Waals surface area contributed by atoms with E-state index < -0.39 is 139 Å². The summed E-state index contributed by atoms with van der Waals surface area (Å²) in [6.07, 6.45) is 37.6. The summed E-state index contributed by atoms with van der Waals surface area (Å²) >= 11 is 0. The van der Waals surface area contributed by atoms with Crippen molar-refractivity contribution >= 4 is 51.2 Å². The van der Waals surface area contributed by atoms with Crippen LogP contribution in [0.25, 0.3) is 0 Å². The molecule has 106 heavy (non-hydrogen) atoms. The van der Waals surface area contributed by atoms with Crippen LogP contribution in [0.3, 0.4) is 0 Å². The topological polar surface area (TPSA) is 380 Å². The summed E-state index contributed by atoms with van der Waals surface area (Å²) in [5.41, 5.74) is 0. The van der Waals surface area contributed by atoms with Crippen LogP contribution in [0.1, 0.15) is 324 Å². The van der Waals surface area contributed by atoms with Crippen molar-refractivity contribution in [2.45, 2.75) is 373 Å². The van der Waals surface area contributed by atoms with Gasteiger partial charge in [0.05, 0.1) is 76.8 Å². The van der Waals surface area contributed by atoms with Crippen LogP contribution in [0, 0.1) is 0 Å². The molecule has 0 bridgehead atoms. The highest BCUT2D eigenvalue weighted by atomic mass is 31.2. The first-order valence-corrected chi connectivity index (χ1v) is 44.0. The Morgan fingerprint density at radius 2 is 0.660 bits per heavy atom. The molecule has 0 aliphatic carbocycles. The Labute approximate surface area is 637 Å². The number of ether oxygens (including phenoxy) is 4. The van der Waals surface area contributed by atoms with E-state index in [-0.39, 0.29) is 52.1 Å². The van der Waals surface area contributed by atoms with E-state index in [4.69, 9.17) is 37.0 Å². The van der Waals surface area contributed by atoms with E-state index in [0.29, 0.717) is 51.4 Å². The summed E-state index contributed by atoms with van der Waals surface area (Å²) in [6, 6.07) is -2.02. The summed E-state index contributed by atoms with van der Waals surface area (Å²) in [4.78, 5) is 100. The van der Waals surface area contributed by atoms with E-state index in [1.165, 1.54) is 38.5 Å². The van der Waals surface area contributed by atoms with Crippen LogP contribution in [0.2, 0.25) is 0 Å². The lowest BCUT2D eigenvalue weighted by Gasteiger charge is -2.23. The van der Waals surface area contributed by atoms with Crippen molar-refractivity contribution in [3.8, 4) is 0 Å². The zero-order valence-electron chi connectivity index (χ0n) is 66.2. The molecule has 0 fully saturated rings. The van der Waals surface area contributed by atoms with Gasteiger partial charge in [-0.1, -0.05) is 220 Å². The first-order valence-electron chi connectivity index (χ1n) is 41.0. The van der Waals surface area contributed by atoms with Gasteiger partial charge in [-0.3, -0.25) is 46.9 Å². The second-order valence-corrected chi connectivity index (χ2v) is 31.0. The summed E-state index contributed by atoms with van der Waals surface area (Å²) in [5.74, 6) is -4.42. The highest BCUT2D eigenvalue weighted by molar-refractivity contribution is 7.47. The van der Waals surface area contributed by atoms with Crippen LogP contribution >= 0.6 is 15.6 Å². The Kier molecular flexibility index (Phi) is 67.9. The van der Waals surface area contributed by atoms with Gasteiger partial charge >= 0.3 is 27.6 Å². The average molecular weight is 1560 g/mol. The quantitative estimate of drug-likeness (QED) is 0.0117. The number of hydrogen-bond donors (Lipinski definition) is 10. The maximum atomic E-state index is 13.7. The standard InChI is InChI=1S/C78H148N4O22P2/c1-7-13-19-25-27-29-31-37-43-49-73(87)103-69(47-41-35-23-17-11-5)59-71(85)81-65(61-97-55-51-67(83)45-39-33-21-15-9-3)63-101-105(93,94)99-57-53-79-77(91)75(89)76(90)78(92)80-54-58-100-106(95,96)102-64-66(62-98-56-52-68(84)46-40-34-22-16-10-4)82-72(86)60-70(48-42-36-24-18-12-6)104-74(88)50-44-38-32-30-28-26-20-14-8-2/h29-32,65-70,75-76,83-84,89-90H,7-28,33-64H2,1-6H3,(H,79,91)(H,80,92)(H,81,85)(H,82,86)(H,93,94)(H,95,96)/t65?,66?,67?,68?,69-,70-,75-,76-/m1/s1. The van der Waals surface area contributed by atoms with Crippen LogP contribution in [-0.2, 0) is 74.9 Å². The highest BCUT2D eigenvalue weighted by Gasteiger charge is 2.32. The second kappa shape index (κ2) is 70.4. The molecule has 0 aromatic heterocycles. The van der Waals surface area contributed by atoms with Crippen LogP contribution in [0.15, 0.2) is 24.3 Å². The molecule has 0 aromatic rings. The van der Waals surface area contributed by atoms with Gasteiger partial charge in [0.25, 0.3) is 11.8 Å². The smallest absolute Gasteiger partial charge is 0.462 e. The molecule has 4 amide bonds. The van der Waals surface area contributed by atoms with Crippen molar-refractivity contribution in [2.75, 3.05) is 65.9 Å². The Bertz CT molecular complexity index is 2190. The average Bonchev–Trinajstić information content (AvgIpc) is 0.903. The minimum absolute atomic E-state index is 0.111. The highest BCUT2D eigenvalue weighted by Crippen LogP contribution is 2.44. The Morgan fingerprint density at radius 3 is 0.991 bits per heavy atom.